The van der Waals surface area contributed by atoms with Crippen LogP contribution in [0.3, 0.4) is 0 Å². The van der Waals surface area contributed by atoms with E-state index >= 15 is 0 Å². The van der Waals surface area contributed by atoms with Crippen molar-refractivity contribution in [2.45, 2.75) is 31.9 Å². The minimum absolute atomic E-state index is 0.132. The summed E-state index contributed by atoms with van der Waals surface area (Å²) in [5.41, 5.74) is 6.05. The summed E-state index contributed by atoms with van der Waals surface area (Å²) in [5, 5.41) is 2.87. The van der Waals surface area contributed by atoms with Crippen molar-refractivity contribution in [1.82, 2.24) is 5.32 Å². The molecule has 0 bridgehead atoms. The van der Waals surface area contributed by atoms with Crippen LogP contribution in [0.4, 0.5) is 0 Å². The van der Waals surface area contributed by atoms with Crippen LogP contribution >= 0.6 is 0 Å². The number of nitrogens with one attached hydrogen (secondary N) is 1. The van der Waals surface area contributed by atoms with Crippen LogP contribution in [0.15, 0.2) is 24.3 Å². The average Bonchev–Trinajstić information content (AvgIpc) is 2.60. The summed E-state index contributed by atoms with van der Waals surface area (Å²) < 4.78 is 16.4. The monoisotopic (exact) mass is 322 g/mol. The van der Waals surface area contributed by atoms with Gasteiger partial charge in [-0.3, -0.25) is 4.79 Å². The van der Waals surface area contributed by atoms with Gasteiger partial charge in [0.15, 0.2) is 11.5 Å². The third-order valence-electron chi connectivity index (χ3n) is 4.04. The van der Waals surface area contributed by atoms with Crippen molar-refractivity contribution >= 4 is 5.91 Å². The van der Waals surface area contributed by atoms with E-state index in [0.717, 1.165) is 12.8 Å². The quantitative estimate of drug-likeness (QED) is 0.791. The van der Waals surface area contributed by atoms with Gasteiger partial charge in [-0.1, -0.05) is 12.1 Å². The maximum Gasteiger partial charge on any atom is 0.237 e. The number of nitrogens with two attached hydrogens (primary N) is 1. The highest BCUT2D eigenvalue weighted by Crippen LogP contribution is 2.26. The molecule has 0 saturated carbocycles. The standard InChI is InChI=1S/C17H26N2O4/c1-12(23-15-6-4-3-5-14(15)21-2)11-19-17(20)16(18)13-7-9-22-10-8-13/h3-6,12-13,16H,7-11,18H2,1-2H3,(H,19,20). The first-order valence-electron chi connectivity index (χ1n) is 8.02. The van der Waals surface area contributed by atoms with Crippen molar-refractivity contribution in [2.75, 3.05) is 26.9 Å². The van der Waals surface area contributed by atoms with Crippen molar-refractivity contribution in [1.29, 1.82) is 0 Å². The second-order valence-electron chi connectivity index (χ2n) is 5.80. The van der Waals surface area contributed by atoms with Gasteiger partial charge in [0.2, 0.25) is 5.91 Å². The first-order chi connectivity index (χ1) is 11.1. The summed E-state index contributed by atoms with van der Waals surface area (Å²) in [6, 6.07) is 6.94. The van der Waals surface area contributed by atoms with Crippen molar-refractivity contribution < 1.29 is 19.0 Å². The fourth-order valence-electron chi connectivity index (χ4n) is 2.63. The number of para-hydroxylation sites is 2. The minimum Gasteiger partial charge on any atom is -0.493 e. The molecule has 23 heavy (non-hydrogen) atoms. The molecule has 0 aromatic heterocycles. The fourth-order valence-corrected chi connectivity index (χ4v) is 2.63. The van der Waals surface area contributed by atoms with E-state index in [4.69, 9.17) is 19.9 Å². The van der Waals surface area contributed by atoms with E-state index < -0.39 is 6.04 Å². The molecule has 0 radical (unpaired) electrons. The highest BCUT2D eigenvalue weighted by Gasteiger charge is 2.26. The van der Waals surface area contributed by atoms with E-state index in [1.54, 1.807) is 7.11 Å². The minimum atomic E-state index is -0.489. The molecule has 2 rings (SSSR count). The van der Waals surface area contributed by atoms with Gasteiger partial charge in [-0.25, -0.2) is 0 Å². The predicted molar refractivity (Wildman–Crippen MR) is 87.6 cm³/mol. The van der Waals surface area contributed by atoms with Gasteiger partial charge >= 0.3 is 0 Å². The number of hydrogen-bond donors (Lipinski definition) is 2. The number of rotatable bonds is 7. The Bertz CT molecular complexity index is 503. The summed E-state index contributed by atoms with van der Waals surface area (Å²) in [4.78, 5) is 12.2. The number of hydrogen-bond acceptors (Lipinski definition) is 5. The largest absolute Gasteiger partial charge is 0.493 e. The number of methoxy groups -OCH3 is 1. The number of carbonyl (C=O) groups is 1. The molecule has 1 aliphatic rings. The normalized spacial score (nSPS) is 18.0. The molecule has 1 saturated heterocycles. The van der Waals surface area contributed by atoms with E-state index in [9.17, 15) is 4.79 Å². The molecule has 1 aromatic carbocycles. The molecule has 1 aromatic rings. The van der Waals surface area contributed by atoms with Crippen LogP contribution in [0, 0.1) is 5.92 Å². The maximum atomic E-state index is 12.2. The molecule has 0 spiro atoms. The lowest BCUT2D eigenvalue weighted by Gasteiger charge is -2.27. The summed E-state index contributed by atoms with van der Waals surface area (Å²) in [6.07, 6.45) is 1.49. The third kappa shape index (κ3) is 5.11. The maximum absolute atomic E-state index is 12.2. The molecular weight excluding hydrogens is 296 g/mol. The van der Waals surface area contributed by atoms with Gasteiger partial charge < -0.3 is 25.3 Å². The van der Waals surface area contributed by atoms with Gasteiger partial charge in [0, 0.05) is 13.2 Å². The van der Waals surface area contributed by atoms with Crippen LogP contribution in [0.25, 0.3) is 0 Å². The van der Waals surface area contributed by atoms with Gasteiger partial charge in [-0.15, -0.1) is 0 Å². The first kappa shape index (κ1) is 17.6. The van der Waals surface area contributed by atoms with E-state index in [1.807, 2.05) is 31.2 Å². The van der Waals surface area contributed by atoms with Crippen molar-refractivity contribution in [3.05, 3.63) is 24.3 Å². The molecule has 6 heteroatoms. The Labute approximate surface area is 137 Å². The Morgan fingerprint density at radius 2 is 2.00 bits per heavy atom. The molecule has 2 atom stereocenters. The van der Waals surface area contributed by atoms with Crippen LogP contribution in [-0.4, -0.2) is 44.9 Å². The predicted octanol–water partition coefficient (Wildman–Crippen LogP) is 1.33. The lowest BCUT2D eigenvalue weighted by atomic mass is 9.92. The molecule has 1 aliphatic heterocycles. The van der Waals surface area contributed by atoms with Crippen LogP contribution < -0.4 is 20.5 Å². The van der Waals surface area contributed by atoms with Crippen LogP contribution in [0.5, 0.6) is 11.5 Å². The zero-order valence-electron chi connectivity index (χ0n) is 13.8. The topological polar surface area (TPSA) is 82.8 Å². The number of carbonyl (C=O) groups excluding carboxylic acids is 1. The first-order valence-corrected chi connectivity index (χ1v) is 8.02. The SMILES string of the molecule is COc1ccccc1OC(C)CNC(=O)C(N)C1CCOCC1. The van der Waals surface area contributed by atoms with Crippen LogP contribution in [0.2, 0.25) is 0 Å². The van der Waals surface area contributed by atoms with Crippen molar-refractivity contribution in [2.24, 2.45) is 11.7 Å². The van der Waals surface area contributed by atoms with E-state index in [1.165, 1.54) is 0 Å². The average molecular weight is 322 g/mol. The second-order valence-corrected chi connectivity index (χ2v) is 5.80. The summed E-state index contributed by atoms with van der Waals surface area (Å²) in [7, 11) is 1.60. The van der Waals surface area contributed by atoms with Crippen LogP contribution in [0.1, 0.15) is 19.8 Å². The van der Waals surface area contributed by atoms with Gasteiger partial charge in [-0.2, -0.15) is 0 Å². The molecule has 128 valence electrons. The van der Waals surface area contributed by atoms with Gasteiger partial charge in [-0.05, 0) is 37.8 Å². The Kier molecular flexibility index (Phi) is 6.67. The Morgan fingerprint density at radius 3 is 2.65 bits per heavy atom. The Morgan fingerprint density at radius 1 is 1.35 bits per heavy atom. The summed E-state index contributed by atoms with van der Waals surface area (Å²) in [6.45, 7) is 3.65. The van der Waals surface area contributed by atoms with Gasteiger partial charge in [0.25, 0.3) is 0 Å². The second kappa shape index (κ2) is 8.74. The molecule has 1 fully saturated rings. The Balaban J connectivity index is 1.79. The zero-order valence-corrected chi connectivity index (χ0v) is 13.8. The lowest BCUT2D eigenvalue weighted by Crippen LogP contribution is -2.48. The number of benzene rings is 1. The lowest BCUT2D eigenvalue weighted by molar-refractivity contribution is -0.124. The molecule has 6 nitrogen and oxygen atoms in total. The highest BCUT2D eigenvalue weighted by atomic mass is 16.5. The summed E-state index contributed by atoms with van der Waals surface area (Å²) in [5.74, 6) is 1.39. The Hall–Kier alpha value is -1.79. The van der Waals surface area contributed by atoms with Gasteiger partial charge in [0.05, 0.1) is 19.7 Å². The van der Waals surface area contributed by atoms with Gasteiger partial charge in [0.1, 0.15) is 6.10 Å². The van der Waals surface area contributed by atoms with E-state index in [2.05, 4.69) is 5.32 Å². The summed E-state index contributed by atoms with van der Waals surface area (Å²) >= 11 is 0. The third-order valence-corrected chi connectivity index (χ3v) is 4.04. The van der Waals surface area contributed by atoms with E-state index in [-0.39, 0.29) is 17.9 Å². The van der Waals surface area contributed by atoms with Crippen molar-refractivity contribution in [3.63, 3.8) is 0 Å². The molecule has 3 N–H and O–H groups in total. The molecule has 1 amide bonds. The zero-order chi connectivity index (χ0) is 16.7. The molecule has 2 unspecified atom stereocenters. The van der Waals surface area contributed by atoms with Crippen molar-refractivity contribution in [3.8, 4) is 11.5 Å². The highest BCUT2D eigenvalue weighted by molar-refractivity contribution is 5.81. The number of ether oxygens (including phenoxy) is 3. The molecule has 0 aliphatic carbocycles. The fraction of sp³-hybridized carbons (Fsp3) is 0.588. The van der Waals surface area contributed by atoms with E-state index in [0.29, 0.717) is 31.3 Å². The van der Waals surface area contributed by atoms with Crippen LogP contribution in [-0.2, 0) is 9.53 Å². The molecule has 1 heterocycles. The molecular formula is C17H26N2O4. The number of amides is 1. The smallest absolute Gasteiger partial charge is 0.237 e.